The molecule has 100 valence electrons. The van der Waals surface area contributed by atoms with Gasteiger partial charge in [-0.2, -0.15) is 0 Å². The van der Waals surface area contributed by atoms with E-state index in [0.717, 1.165) is 0 Å². The van der Waals surface area contributed by atoms with Crippen molar-refractivity contribution in [2.45, 2.75) is 30.5 Å². The molecule has 0 unspecified atom stereocenters. The highest BCUT2D eigenvalue weighted by atomic mass is 35.5. The Morgan fingerprint density at radius 3 is 2.78 bits per heavy atom. The van der Waals surface area contributed by atoms with Gasteiger partial charge in [0.15, 0.2) is 9.84 Å². The van der Waals surface area contributed by atoms with Crippen molar-refractivity contribution in [2.24, 2.45) is 0 Å². The van der Waals surface area contributed by atoms with Crippen molar-refractivity contribution in [2.75, 3.05) is 6.61 Å². The van der Waals surface area contributed by atoms with E-state index in [2.05, 4.69) is 0 Å². The van der Waals surface area contributed by atoms with Gasteiger partial charge in [-0.15, -0.1) is 0 Å². The van der Waals surface area contributed by atoms with Crippen LogP contribution >= 0.6 is 11.6 Å². The van der Waals surface area contributed by atoms with E-state index in [4.69, 9.17) is 16.3 Å². The summed E-state index contributed by atoms with van der Waals surface area (Å²) in [5.74, 6) is -0.964. The fraction of sp³-hybridized carbons (Fsp3) is 0.500. The number of ether oxygens (including phenoxy) is 1. The van der Waals surface area contributed by atoms with Gasteiger partial charge in [0.05, 0.1) is 17.1 Å². The smallest absolute Gasteiger partial charge is 0.160 e. The molecule has 0 amide bonds. The van der Waals surface area contributed by atoms with Gasteiger partial charge in [0.1, 0.15) is 5.82 Å². The van der Waals surface area contributed by atoms with Gasteiger partial charge >= 0.3 is 0 Å². The lowest BCUT2D eigenvalue weighted by atomic mass is 10.2. The van der Waals surface area contributed by atoms with Crippen molar-refractivity contribution < 1.29 is 17.5 Å². The summed E-state index contributed by atoms with van der Waals surface area (Å²) >= 11 is 5.84. The third-order valence-corrected chi connectivity index (χ3v) is 5.76. The van der Waals surface area contributed by atoms with Gasteiger partial charge < -0.3 is 4.74 Å². The van der Waals surface area contributed by atoms with Gasteiger partial charge in [0.25, 0.3) is 0 Å². The maximum atomic E-state index is 13.6. The maximum Gasteiger partial charge on any atom is 0.160 e. The van der Waals surface area contributed by atoms with E-state index < -0.39 is 20.9 Å². The van der Waals surface area contributed by atoms with Gasteiger partial charge in [0.2, 0.25) is 0 Å². The average Bonchev–Trinajstić information content (AvgIpc) is 2.71. The van der Waals surface area contributed by atoms with E-state index in [1.165, 1.54) is 18.2 Å². The van der Waals surface area contributed by atoms with Crippen molar-refractivity contribution in [1.29, 1.82) is 0 Å². The second-order valence-corrected chi connectivity index (χ2v) is 7.04. The Hall–Kier alpha value is -0.650. The van der Waals surface area contributed by atoms with Crippen LogP contribution in [0.15, 0.2) is 18.2 Å². The molecule has 0 aromatic heterocycles. The number of benzene rings is 1. The largest absolute Gasteiger partial charge is 0.377 e. The molecule has 2 rings (SSSR count). The molecular formula is C12H14ClFO3S. The maximum absolute atomic E-state index is 13.6. The second-order valence-electron chi connectivity index (χ2n) is 4.41. The third kappa shape index (κ3) is 2.68. The van der Waals surface area contributed by atoms with Crippen molar-refractivity contribution in [1.82, 2.24) is 0 Å². The SMILES string of the molecule is C[C@H]1OCC[C@H]1S(=O)(=O)Cc1c(F)cccc1Cl. The Kier molecular flexibility index (Phi) is 3.94. The molecular weight excluding hydrogens is 279 g/mol. The predicted molar refractivity (Wildman–Crippen MR) is 67.9 cm³/mol. The van der Waals surface area contributed by atoms with Crippen LogP contribution in [-0.2, 0) is 20.3 Å². The fourth-order valence-corrected chi connectivity index (χ4v) is 4.50. The van der Waals surface area contributed by atoms with E-state index in [0.29, 0.717) is 13.0 Å². The van der Waals surface area contributed by atoms with Crippen LogP contribution in [-0.4, -0.2) is 26.4 Å². The first-order valence-electron chi connectivity index (χ1n) is 5.68. The summed E-state index contributed by atoms with van der Waals surface area (Å²) in [4.78, 5) is 0. The molecule has 2 atom stereocenters. The van der Waals surface area contributed by atoms with Crippen molar-refractivity contribution in [3.05, 3.63) is 34.6 Å². The fourth-order valence-electron chi connectivity index (χ4n) is 2.16. The Morgan fingerprint density at radius 2 is 2.22 bits per heavy atom. The normalized spacial score (nSPS) is 24.4. The zero-order chi connectivity index (χ0) is 13.3. The summed E-state index contributed by atoms with van der Waals surface area (Å²) in [5, 5.41) is -0.432. The standard InChI is InChI=1S/C12H14ClFO3S/c1-8-12(5-6-17-8)18(15,16)7-9-10(13)3-2-4-11(9)14/h2-4,8,12H,5-7H2,1H3/t8-,12-/m1/s1. The first kappa shape index (κ1) is 13.8. The molecule has 1 heterocycles. The molecule has 0 spiro atoms. The summed E-state index contributed by atoms with van der Waals surface area (Å²) in [5.41, 5.74) is 0.0401. The summed E-state index contributed by atoms with van der Waals surface area (Å²) in [6, 6.07) is 4.16. The minimum Gasteiger partial charge on any atom is -0.377 e. The van der Waals surface area contributed by atoms with Crippen molar-refractivity contribution in [3.63, 3.8) is 0 Å². The molecule has 1 saturated heterocycles. The van der Waals surface area contributed by atoms with Crippen LogP contribution in [0.2, 0.25) is 5.02 Å². The quantitative estimate of drug-likeness (QED) is 0.860. The van der Waals surface area contributed by atoms with Crippen LogP contribution in [0, 0.1) is 5.82 Å². The molecule has 0 saturated carbocycles. The Labute approximate surface area is 111 Å². The lowest BCUT2D eigenvalue weighted by molar-refractivity contribution is 0.126. The van der Waals surface area contributed by atoms with E-state index in [1.54, 1.807) is 6.92 Å². The molecule has 18 heavy (non-hydrogen) atoms. The molecule has 1 aliphatic heterocycles. The molecule has 1 aromatic rings. The van der Waals surface area contributed by atoms with Crippen LogP contribution in [0.25, 0.3) is 0 Å². The molecule has 0 radical (unpaired) electrons. The van der Waals surface area contributed by atoms with E-state index >= 15 is 0 Å². The summed E-state index contributed by atoms with van der Waals surface area (Å²) < 4.78 is 43.3. The van der Waals surface area contributed by atoms with E-state index in [9.17, 15) is 12.8 Å². The Balaban J connectivity index is 2.28. The number of hydrogen-bond donors (Lipinski definition) is 0. The number of rotatable bonds is 3. The van der Waals surface area contributed by atoms with Crippen molar-refractivity contribution >= 4 is 21.4 Å². The highest BCUT2D eigenvalue weighted by Crippen LogP contribution is 2.27. The van der Waals surface area contributed by atoms with Crippen LogP contribution in [0.1, 0.15) is 18.9 Å². The van der Waals surface area contributed by atoms with Gasteiger partial charge in [-0.3, -0.25) is 0 Å². The Bertz CT molecular complexity index is 524. The zero-order valence-corrected chi connectivity index (χ0v) is 11.5. The topological polar surface area (TPSA) is 43.4 Å². The molecule has 0 bridgehead atoms. The number of hydrogen-bond acceptors (Lipinski definition) is 3. The molecule has 1 aromatic carbocycles. The second kappa shape index (κ2) is 5.15. The lowest BCUT2D eigenvalue weighted by Crippen LogP contribution is -2.29. The summed E-state index contributed by atoms with van der Waals surface area (Å²) in [6.07, 6.45) is 0.107. The predicted octanol–water partition coefficient (Wildman–Crippen LogP) is 2.57. The van der Waals surface area contributed by atoms with Crippen LogP contribution in [0.3, 0.4) is 0 Å². The zero-order valence-electron chi connectivity index (χ0n) is 9.90. The molecule has 6 heteroatoms. The van der Waals surface area contributed by atoms with Crippen LogP contribution in [0.5, 0.6) is 0 Å². The Morgan fingerprint density at radius 1 is 1.50 bits per heavy atom. The van der Waals surface area contributed by atoms with Gasteiger partial charge in [0, 0.05) is 17.2 Å². The average molecular weight is 293 g/mol. The number of halogens is 2. The molecule has 0 N–H and O–H groups in total. The first-order valence-corrected chi connectivity index (χ1v) is 7.77. The molecule has 0 aliphatic carbocycles. The van der Waals surface area contributed by atoms with Crippen LogP contribution < -0.4 is 0 Å². The highest BCUT2D eigenvalue weighted by Gasteiger charge is 2.36. The minimum atomic E-state index is -3.46. The summed E-state index contributed by atoms with van der Waals surface area (Å²) in [7, 11) is -3.46. The number of sulfone groups is 1. The molecule has 1 aliphatic rings. The van der Waals surface area contributed by atoms with E-state index in [1.807, 2.05) is 0 Å². The lowest BCUT2D eigenvalue weighted by Gasteiger charge is -2.15. The monoisotopic (exact) mass is 292 g/mol. The minimum absolute atomic E-state index is 0.0401. The van der Waals surface area contributed by atoms with Gasteiger partial charge in [-0.25, -0.2) is 12.8 Å². The third-order valence-electron chi connectivity index (χ3n) is 3.18. The molecule has 3 nitrogen and oxygen atoms in total. The highest BCUT2D eigenvalue weighted by molar-refractivity contribution is 7.91. The van der Waals surface area contributed by atoms with E-state index in [-0.39, 0.29) is 22.4 Å². The van der Waals surface area contributed by atoms with Crippen LogP contribution in [0.4, 0.5) is 4.39 Å². The summed E-state index contributed by atoms with van der Waals surface area (Å²) in [6.45, 7) is 2.15. The van der Waals surface area contributed by atoms with Crippen molar-refractivity contribution in [3.8, 4) is 0 Å². The molecule has 1 fully saturated rings. The first-order chi connectivity index (χ1) is 8.42. The van der Waals surface area contributed by atoms with Gasteiger partial charge in [-0.05, 0) is 25.5 Å². The van der Waals surface area contributed by atoms with Gasteiger partial charge in [-0.1, -0.05) is 17.7 Å².